The van der Waals surface area contributed by atoms with Gasteiger partial charge in [-0.05, 0) is 73.5 Å². The van der Waals surface area contributed by atoms with Gasteiger partial charge in [0, 0.05) is 31.1 Å². The van der Waals surface area contributed by atoms with Gasteiger partial charge < -0.3 is 0 Å². The van der Waals surface area contributed by atoms with Gasteiger partial charge in [-0.3, -0.25) is 14.6 Å². The third kappa shape index (κ3) is 3.06. The van der Waals surface area contributed by atoms with Gasteiger partial charge in [0.1, 0.15) is 5.82 Å². The van der Waals surface area contributed by atoms with Gasteiger partial charge in [0.05, 0.1) is 4.88 Å². The summed E-state index contributed by atoms with van der Waals surface area (Å²) in [6.07, 6.45) is 2.58. The number of rotatable bonds is 4. The van der Waals surface area contributed by atoms with Gasteiger partial charge >= 0.3 is 0 Å². The highest BCUT2D eigenvalue weighted by Crippen LogP contribution is 2.47. The summed E-state index contributed by atoms with van der Waals surface area (Å²) in [6, 6.07) is 10.3. The molecule has 0 unspecified atom stereocenters. The minimum Gasteiger partial charge on any atom is -0.298 e. The Morgan fingerprint density at radius 2 is 1.93 bits per heavy atom. The van der Waals surface area contributed by atoms with Crippen LogP contribution in [0.15, 0.2) is 35.7 Å². The Labute approximate surface area is 163 Å². The van der Waals surface area contributed by atoms with Crippen molar-refractivity contribution in [1.82, 2.24) is 9.80 Å². The van der Waals surface area contributed by atoms with E-state index in [9.17, 15) is 9.18 Å². The summed E-state index contributed by atoms with van der Waals surface area (Å²) < 4.78 is 13.4. The zero-order valence-corrected chi connectivity index (χ0v) is 16.4. The second-order valence-electron chi connectivity index (χ2n) is 8.32. The number of nitrogens with zero attached hydrogens (tertiary/aromatic N) is 2. The fourth-order valence-electron chi connectivity index (χ4n) is 5.60. The Hall–Kier alpha value is -1.56. The molecular formula is C22H25FN2OS. The molecule has 0 amide bonds. The maximum absolute atomic E-state index is 13.4. The average Bonchev–Trinajstić information content (AvgIpc) is 3.30. The van der Waals surface area contributed by atoms with Crippen LogP contribution in [0, 0.1) is 11.7 Å². The number of likely N-dealkylation sites (tertiary alicyclic amines) is 1. The molecule has 1 aromatic heterocycles. The number of fused-ring (bicyclic) bond motifs is 2. The Bertz CT molecular complexity index is 840. The van der Waals surface area contributed by atoms with E-state index in [-0.39, 0.29) is 11.6 Å². The summed E-state index contributed by atoms with van der Waals surface area (Å²) in [7, 11) is 0. The SMILES string of the molecule is CC(=O)c1cc(CN2C[C@H](c3ccc(F)cc3)[C@H]3[C@@H]2C2CCN3CC2)cs1. The van der Waals surface area contributed by atoms with Crippen LogP contribution in [-0.4, -0.2) is 47.3 Å². The molecule has 0 N–H and O–H groups in total. The van der Waals surface area contributed by atoms with Gasteiger partial charge in [0.2, 0.25) is 0 Å². The molecular weight excluding hydrogens is 359 g/mol. The highest BCUT2D eigenvalue weighted by Gasteiger charge is 2.53. The molecule has 2 bridgehead atoms. The third-order valence-electron chi connectivity index (χ3n) is 6.78. The topological polar surface area (TPSA) is 23.6 Å². The number of benzene rings is 1. The fourth-order valence-corrected chi connectivity index (χ4v) is 6.41. The van der Waals surface area contributed by atoms with E-state index >= 15 is 0 Å². The zero-order chi connectivity index (χ0) is 18.5. The number of ketones is 1. The van der Waals surface area contributed by atoms with Crippen molar-refractivity contribution in [3.63, 3.8) is 0 Å². The van der Waals surface area contributed by atoms with E-state index in [0.717, 1.165) is 23.9 Å². The lowest BCUT2D eigenvalue weighted by Crippen LogP contribution is -2.59. The van der Waals surface area contributed by atoms with Gasteiger partial charge in [-0.1, -0.05) is 12.1 Å². The molecule has 4 aliphatic heterocycles. The number of Topliss-reactive ketones (excluding diaryl/α,β-unsaturated/α-hetero) is 1. The lowest BCUT2D eigenvalue weighted by atomic mass is 9.75. The molecule has 4 saturated heterocycles. The molecule has 0 saturated carbocycles. The zero-order valence-electron chi connectivity index (χ0n) is 15.6. The molecule has 142 valence electrons. The van der Waals surface area contributed by atoms with Crippen LogP contribution in [0.5, 0.6) is 0 Å². The minimum absolute atomic E-state index is 0.151. The smallest absolute Gasteiger partial charge is 0.169 e. The quantitative estimate of drug-likeness (QED) is 0.740. The van der Waals surface area contributed by atoms with Crippen LogP contribution in [0.3, 0.4) is 0 Å². The Balaban J connectivity index is 1.44. The number of halogens is 1. The van der Waals surface area contributed by atoms with Crippen molar-refractivity contribution in [1.29, 1.82) is 0 Å². The van der Waals surface area contributed by atoms with Gasteiger partial charge in [0.25, 0.3) is 0 Å². The van der Waals surface area contributed by atoms with Crippen molar-refractivity contribution in [3.05, 3.63) is 57.5 Å². The highest BCUT2D eigenvalue weighted by molar-refractivity contribution is 7.12. The molecule has 27 heavy (non-hydrogen) atoms. The Morgan fingerprint density at radius 1 is 1.19 bits per heavy atom. The first-order valence-corrected chi connectivity index (χ1v) is 10.8. The predicted octanol–water partition coefficient (Wildman–Crippen LogP) is 4.15. The second kappa shape index (κ2) is 6.80. The van der Waals surface area contributed by atoms with Crippen LogP contribution >= 0.6 is 11.3 Å². The molecule has 6 rings (SSSR count). The molecule has 1 aromatic carbocycles. The number of thiophene rings is 1. The van der Waals surface area contributed by atoms with Crippen LogP contribution < -0.4 is 0 Å². The fraction of sp³-hybridized carbons (Fsp3) is 0.500. The van der Waals surface area contributed by atoms with Crippen LogP contribution in [-0.2, 0) is 6.54 Å². The van der Waals surface area contributed by atoms with E-state index in [1.54, 1.807) is 30.4 Å². The van der Waals surface area contributed by atoms with Crippen molar-refractivity contribution in [2.75, 3.05) is 19.6 Å². The van der Waals surface area contributed by atoms with Gasteiger partial charge in [-0.25, -0.2) is 4.39 Å². The third-order valence-corrected chi connectivity index (χ3v) is 7.86. The van der Waals surface area contributed by atoms with Crippen LogP contribution in [0.25, 0.3) is 0 Å². The van der Waals surface area contributed by atoms with E-state index in [1.807, 2.05) is 12.1 Å². The standard InChI is InChI=1S/C22H25FN2OS/c1-14(26)20-10-15(13-27-20)11-25-12-19(16-2-4-18(23)5-3-16)22-21(25)17-6-8-24(22)9-7-17/h2-5,10,13,17,19,21-22H,6-9,11-12H2,1H3/t19-,21+,22+/m1/s1. The lowest BCUT2D eigenvalue weighted by Gasteiger charge is -2.51. The molecule has 5 heteroatoms. The number of piperidine rings is 3. The predicted molar refractivity (Wildman–Crippen MR) is 106 cm³/mol. The summed E-state index contributed by atoms with van der Waals surface area (Å²) >= 11 is 1.56. The lowest BCUT2D eigenvalue weighted by molar-refractivity contribution is -0.00866. The van der Waals surface area contributed by atoms with E-state index in [2.05, 4.69) is 21.2 Å². The monoisotopic (exact) mass is 384 g/mol. The van der Waals surface area contributed by atoms with Crippen LogP contribution in [0.2, 0.25) is 0 Å². The number of carbonyl (C=O) groups is 1. The number of carbonyl (C=O) groups excluding carboxylic acids is 1. The molecule has 5 heterocycles. The van der Waals surface area contributed by atoms with Crippen molar-refractivity contribution >= 4 is 17.1 Å². The maximum Gasteiger partial charge on any atom is 0.169 e. The van der Waals surface area contributed by atoms with Gasteiger partial charge in [0.15, 0.2) is 5.78 Å². The summed E-state index contributed by atoms with van der Waals surface area (Å²) in [5, 5.41) is 2.14. The molecule has 3 nitrogen and oxygen atoms in total. The molecule has 3 atom stereocenters. The van der Waals surface area contributed by atoms with E-state index in [1.165, 1.54) is 37.1 Å². The largest absolute Gasteiger partial charge is 0.298 e. The van der Waals surface area contributed by atoms with Gasteiger partial charge in [-0.2, -0.15) is 0 Å². The number of hydrogen-bond donors (Lipinski definition) is 0. The molecule has 0 spiro atoms. The molecule has 0 aliphatic carbocycles. The first-order chi connectivity index (χ1) is 13.1. The van der Waals surface area contributed by atoms with Crippen molar-refractivity contribution in [2.45, 2.75) is 44.3 Å². The second-order valence-corrected chi connectivity index (χ2v) is 9.23. The van der Waals surface area contributed by atoms with E-state index in [4.69, 9.17) is 0 Å². The summed E-state index contributed by atoms with van der Waals surface area (Å²) in [6.45, 7) is 5.96. The first kappa shape index (κ1) is 17.5. The summed E-state index contributed by atoms with van der Waals surface area (Å²) in [4.78, 5) is 17.8. The van der Waals surface area contributed by atoms with E-state index < -0.39 is 0 Å². The summed E-state index contributed by atoms with van der Waals surface area (Å²) in [5.41, 5.74) is 2.51. The van der Waals surface area contributed by atoms with Gasteiger partial charge in [-0.15, -0.1) is 11.3 Å². The average molecular weight is 385 g/mol. The van der Waals surface area contributed by atoms with E-state index in [0.29, 0.717) is 18.0 Å². The molecule has 0 radical (unpaired) electrons. The summed E-state index contributed by atoms with van der Waals surface area (Å²) in [5.74, 6) is 1.18. The Kier molecular flexibility index (Phi) is 4.42. The van der Waals surface area contributed by atoms with Crippen molar-refractivity contribution < 1.29 is 9.18 Å². The highest BCUT2D eigenvalue weighted by atomic mass is 32.1. The maximum atomic E-state index is 13.4. The Morgan fingerprint density at radius 3 is 2.59 bits per heavy atom. The van der Waals surface area contributed by atoms with Crippen LogP contribution in [0.4, 0.5) is 4.39 Å². The molecule has 4 fully saturated rings. The number of hydrogen-bond acceptors (Lipinski definition) is 4. The van der Waals surface area contributed by atoms with Crippen LogP contribution in [0.1, 0.15) is 46.5 Å². The normalized spacial score (nSPS) is 32.6. The molecule has 4 aliphatic rings. The molecule has 2 aromatic rings. The first-order valence-electron chi connectivity index (χ1n) is 9.92. The van der Waals surface area contributed by atoms with Crippen molar-refractivity contribution in [3.8, 4) is 0 Å². The van der Waals surface area contributed by atoms with Crippen molar-refractivity contribution in [2.24, 2.45) is 5.92 Å². The minimum atomic E-state index is -0.161.